The molecule has 0 aliphatic carbocycles. The van der Waals surface area contributed by atoms with Crippen molar-refractivity contribution in [2.24, 2.45) is 0 Å². The minimum absolute atomic E-state index is 0.0202. The van der Waals surface area contributed by atoms with E-state index in [0.717, 1.165) is 38.0 Å². The van der Waals surface area contributed by atoms with Crippen LogP contribution in [-0.2, 0) is 14.3 Å². The summed E-state index contributed by atoms with van der Waals surface area (Å²) in [6.07, 6.45) is 2.52. The van der Waals surface area contributed by atoms with Gasteiger partial charge in [-0.1, -0.05) is 12.1 Å². The SMILES string of the molecule is CCOC(=O)C1=C(CN2C[C@@H](C(=O)N3CCCCC3)Oc3ccccc32)NC(=O)NC1. The van der Waals surface area contributed by atoms with Gasteiger partial charge in [0.2, 0.25) is 0 Å². The summed E-state index contributed by atoms with van der Waals surface area (Å²) < 4.78 is 11.2. The van der Waals surface area contributed by atoms with Gasteiger partial charge in [0.05, 0.1) is 43.2 Å². The molecule has 0 radical (unpaired) electrons. The van der Waals surface area contributed by atoms with Gasteiger partial charge in [-0.25, -0.2) is 9.59 Å². The number of anilines is 1. The van der Waals surface area contributed by atoms with Crippen molar-refractivity contribution >= 4 is 23.6 Å². The molecule has 1 aromatic rings. The number of ether oxygens (including phenoxy) is 2. The predicted octanol–water partition coefficient (Wildman–Crippen LogP) is 1.40. The van der Waals surface area contributed by atoms with E-state index in [2.05, 4.69) is 10.6 Å². The number of nitrogens with one attached hydrogen (secondary N) is 2. The zero-order chi connectivity index (χ0) is 21.8. The average Bonchev–Trinajstić information content (AvgIpc) is 2.79. The van der Waals surface area contributed by atoms with Crippen molar-refractivity contribution in [3.05, 3.63) is 35.5 Å². The van der Waals surface area contributed by atoms with Crippen molar-refractivity contribution in [1.82, 2.24) is 15.5 Å². The van der Waals surface area contributed by atoms with Crippen molar-refractivity contribution in [2.45, 2.75) is 32.3 Å². The molecule has 0 spiro atoms. The second-order valence-corrected chi connectivity index (χ2v) is 7.83. The maximum atomic E-state index is 13.1. The number of hydrogen-bond donors (Lipinski definition) is 2. The van der Waals surface area contributed by atoms with Crippen LogP contribution in [0.4, 0.5) is 10.5 Å². The fourth-order valence-electron chi connectivity index (χ4n) is 4.17. The summed E-state index contributed by atoms with van der Waals surface area (Å²) in [5, 5.41) is 5.36. The lowest BCUT2D eigenvalue weighted by Crippen LogP contribution is -2.53. The molecule has 1 fully saturated rings. The Hall–Kier alpha value is -3.23. The zero-order valence-corrected chi connectivity index (χ0v) is 17.7. The number of urea groups is 1. The fraction of sp³-hybridized carbons (Fsp3) is 0.500. The van der Waals surface area contributed by atoms with E-state index in [0.29, 0.717) is 23.6 Å². The highest BCUT2D eigenvalue weighted by molar-refractivity contribution is 5.94. The molecule has 0 bridgehead atoms. The summed E-state index contributed by atoms with van der Waals surface area (Å²) in [6.45, 7) is 4.17. The van der Waals surface area contributed by atoms with Gasteiger partial charge in [0.25, 0.3) is 5.91 Å². The highest BCUT2D eigenvalue weighted by Gasteiger charge is 2.35. The van der Waals surface area contributed by atoms with E-state index in [1.807, 2.05) is 34.1 Å². The van der Waals surface area contributed by atoms with Crippen molar-refractivity contribution < 1.29 is 23.9 Å². The maximum absolute atomic E-state index is 13.1. The molecule has 1 atom stereocenters. The molecule has 9 heteroatoms. The molecule has 9 nitrogen and oxygen atoms in total. The first-order valence-corrected chi connectivity index (χ1v) is 10.8. The second kappa shape index (κ2) is 9.28. The van der Waals surface area contributed by atoms with Gasteiger partial charge >= 0.3 is 12.0 Å². The smallest absolute Gasteiger partial charge is 0.337 e. The van der Waals surface area contributed by atoms with Gasteiger partial charge in [0, 0.05) is 13.1 Å². The van der Waals surface area contributed by atoms with E-state index in [9.17, 15) is 14.4 Å². The van der Waals surface area contributed by atoms with Gasteiger partial charge in [0.15, 0.2) is 6.10 Å². The molecule has 3 aliphatic heterocycles. The van der Waals surface area contributed by atoms with Crippen LogP contribution in [0.1, 0.15) is 26.2 Å². The van der Waals surface area contributed by atoms with Gasteiger partial charge < -0.3 is 29.9 Å². The largest absolute Gasteiger partial charge is 0.477 e. The standard InChI is InChI=1S/C22H28N4O5/c1-2-30-21(28)15-12-23-22(29)24-16(15)13-26-14-19(20(27)25-10-6-3-7-11-25)31-18-9-5-4-8-17(18)26/h4-5,8-9,19H,2-3,6-7,10-14H2,1H3,(H2,23,24,29)/t19-/m0/s1. The molecule has 166 valence electrons. The van der Waals surface area contributed by atoms with E-state index in [1.54, 1.807) is 6.92 Å². The van der Waals surface area contributed by atoms with Crippen LogP contribution in [0, 0.1) is 0 Å². The first-order chi connectivity index (χ1) is 15.1. The highest BCUT2D eigenvalue weighted by atomic mass is 16.5. The normalized spacial score (nSPS) is 20.9. The van der Waals surface area contributed by atoms with E-state index in [-0.39, 0.29) is 31.6 Å². The van der Waals surface area contributed by atoms with Crippen molar-refractivity contribution in [1.29, 1.82) is 0 Å². The van der Waals surface area contributed by atoms with E-state index in [4.69, 9.17) is 9.47 Å². The highest BCUT2D eigenvalue weighted by Crippen LogP contribution is 2.34. The van der Waals surface area contributed by atoms with E-state index >= 15 is 0 Å². The summed E-state index contributed by atoms with van der Waals surface area (Å²) in [7, 11) is 0. The van der Waals surface area contributed by atoms with Gasteiger partial charge in [-0.2, -0.15) is 0 Å². The quantitative estimate of drug-likeness (QED) is 0.688. The third kappa shape index (κ3) is 4.60. The molecule has 1 saturated heterocycles. The number of nitrogens with zero attached hydrogens (tertiary/aromatic N) is 2. The monoisotopic (exact) mass is 428 g/mol. The van der Waals surface area contributed by atoms with Crippen molar-refractivity contribution in [3.8, 4) is 5.75 Å². The minimum Gasteiger partial charge on any atom is -0.477 e. The van der Waals surface area contributed by atoms with Crippen LogP contribution in [-0.4, -0.2) is 68.2 Å². The Labute approximate surface area is 181 Å². The van der Waals surface area contributed by atoms with E-state index in [1.165, 1.54) is 0 Å². The third-order valence-corrected chi connectivity index (χ3v) is 5.73. The lowest BCUT2D eigenvalue weighted by molar-refractivity contribution is -0.140. The fourth-order valence-corrected chi connectivity index (χ4v) is 4.17. The number of rotatable bonds is 5. The topological polar surface area (TPSA) is 100 Å². The molecule has 0 aromatic heterocycles. The molecule has 0 saturated carbocycles. The third-order valence-electron chi connectivity index (χ3n) is 5.73. The summed E-state index contributed by atoms with van der Waals surface area (Å²) >= 11 is 0. The van der Waals surface area contributed by atoms with Gasteiger partial charge in [-0.3, -0.25) is 4.79 Å². The van der Waals surface area contributed by atoms with Crippen LogP contribution in [0.3, 0.4) is 0 Å². The van der Waals surface area contributed by atoms with Crippen LogP contribution in [0.5, 0.6) is 5.75 Å². The molecule has 4 rings (SSSR count). The first-order valence-electron chi connectivity index (χ1n) is 10.8. The number of esters is 1. The Kier molecular flexibility index (Phi) is 6.29. The molecule has 2 N–H and O–H groups in total. The van der Waals surface area contributed by atoms with Gasteiger partial charge in [-0.15, -0.1) is 0 Å². The van der Waals surface area contributed by atoms with Crippen LogP contribution in [0.2, 0.25) is 0 Å². The molecule has 3 amide bonds. The number of fused-ring (bicyclic) bond motifs is 1. The zero-order valence-electron chi connectivity index (χ0n) is 17.7. The minimum atomic E-state index is -0.642. The van der Waals surface area contributed by atoms with Crippen LogP contribution in [0.15, 0.2) is 35.5 Å². The Bertz CT molecular complexity index is 894. The van der Waals surface area contributed by atoms with Crippen molar-refractivity contribution in [3.63, 3.8) is 0 Å². The summed E-state index contributed by atoms with van der Waals surface area (Å²) in [6, 6.07) is 7.12. The number of piperidine rings is 1. The number of likely N-dealkylation sites (tertiary alicyclic amines) is 1. The Morgan fingerprint density at radius 3 is 2.74 bits per heavy atom. The second-order valence-electron chi connectivity index (χ2n) is 7.83. The molecule has 31 heavy (non-hydrogen) atoms. The Balaban J connectivity index is 1.60. The lowest BCUT2D eigenvalue weighted by Gasteiger charge is -2.39. The molecule has 3 aliphatic rings. The number of para-hydroxylation sites is 2. The number of hydrogen-bond acceptors (Lipinski definition) is 6. The number of carbonyl (C=O) groups excluding carboxylic acids is 3. The first kappa shape index (κ1) is 21.0. The Morgan fingerprint density at radius 1 is 1.19 bits per heavy atom. The summed E-state index contributed by atoms with van der Waals surface area (Å²) in [5.74, 6) is 0.128. The molecule has 1 aromatic carbocycles. The average molecular weight is 428 g/mol. The van der Waals surface area contributed by atoms with Crippen LogP contribution in [0.25, 0.3) is 0 Å². The van der Waals surface area contributed by atoms with Crippen LogP contribution < -0.4 is 20.3 Å². The Morgan fingerprint density at radius 2 is 1.97 bits per heavy atom. The summed E-state index contributed by atoms with van der Waals surface area (Å²) in [4.78, 5) is 41.3. The maximum Gasteiger partial charge on any atom is 0.337 e. The molecular formula is C22H28N4O5. The van der Waals surface area contributed by atoms with Gasteiger partial charge in [0.1, 0.15) is 5.75 Å². The van der Waals surface area contributed by atoms with E-state index < -0.39 is 12.1 Å². The molecule has 3 heterocycles. The predicted molar refractivity (Wildman–Crippen MR) is 114 cm³/mol. The number of carbonyl (C=O) groups is 3. The molecule has 0 unspecified atom stereocenters. The van der Waals surface area contributed by atoms with Crippen LogP contribution >= 0.6 is 0 Å². The molecular weight excluding hydrogens is 400 g/mol. The lowest BCUT2D eigenvalue weighted by atomic mass is 10.1. The number of amides is 3. The van der Waals surface area contributed by atoms with Crippen molar-refractivity contribution in [2.75, 3.05) is 44.2 Å². The summed E-state index contributed by atoms with van der Waals surface area (Å²) in [5.41, 5.74) is 1.67. The van der Waals surface area contributed by atoms with Gasteiger partial charge in [-0.05, 0) is 38.3 Å². The number of benzene rings is 1.